The van der Waals surface area contributed by atoms with Gasteiger partial charge in [0.25, 0.3) is 5.91 Å². The summed E-state index contributed by atoms with van der Waals surface area (Å²) in [5.74, 6) is 1.10. The summed E-state index contributed by atoms with van der Waals surface area (Å²) >= 11 is 3.10. The number of thiophene rings is 1. The average Bonchev–Trinajstić information content (AvgIpc) is 3.22. The molecule has 0 saturated heterocycles. The molecule has 3 aromatic rings. The summed E-state index contributed by atoms with van der Waals surface area (Å²) in [7, 11) is 0. The number of hydrogen-bond acceptors (Lipinski definition) is 6. The molecule has 3 aromatic heterocycles. The molecule has 0 unspecified atom stereocenters. The number of hydrogen-bond donors (Lipinski definition) is 2. The summed E-state index contributed by atoms with van der Waals surface area (Å²) in [5, 5.41) is 9.80. The Hall–Kier alpha value is -2.19. The molecule has 0 aliphatic rings. The highest BCUT2D eigenvalue weighted by molar-refractivity contribution is 8.00. The number of nitrogens with one attached hydrogen (secondary N) is 2. The fourth-order valence-corrected chi connectivity index (χ4v) is 3.27. The first-order valence-corrected chi connectivity index (χ1v) is 8.54. The molecule has 1 amide bonds. The fourth-order valence-electron chi connectivity index (χ4n) is 1.81. The van der Waals surface area contributed by atoms with E-state index in [4.69, 9.17) is 0 Å². The number of thioether (sulfide) groups is 1. The molecule has 3 heterocycles. The Bertz CT molecular complexity index is 768. The summed E-state index contributed by atoms with van der Waals surface area (Å²) in [5.41, 5.74) is 0.881. The van der Waals surface area contributed by atoms with Gasteiger partial charge in [-0.15, -0.1) is 23.1 Å². The molecule has 2 N–H and O–H groups in total. The van der Waals surface area contributed by atoms with Crippen LogP contribution < -0.4 is 5.32 Å². The van der Waals surface area contributed by atoms with Crippen LogP contribution in [0.4, 0.5) is 0 Å². The highest BCUT2D eigenvalue weighted by atomic mass is 32.2. The second-order valence-electron chi connectivity index (χ2n) is 4.35. The lowest BCUT2D eigenvalue weighted by molar-refractivity contribution is 0.0954. The zero-order chi connectivity index (χ0) is 15.4. The number of nitrogens with zero attached hydrogens (tertiary/aromatic N) is 3. The number of aromatic amines is 1. The zero-order valence-corrected chi connectivity index (χ0v) is 13.4. The molecular formula is C14H13N5OS2. The molecule has 0 saturated carbocycles. The van der Waals surface area contributed by atoms with Gasteiger partial charge in [-0.05, 0) is 30.5 Å². The van der Waals surface area contributed by atoms with Crippen LogP contribution in [0.1, 0.15) is 15.5 Å². The van der Waals surface area contributed by atoms with Crippen LogP contribution in [0.5, 0.6) is 0 Å². The number of rotatable bonds is 5. The molecule has 0 radical (unpaired) electrons. The van der Waals surface area contributed by atoms with Crippen LogP contribution in [0.3, 0.4) is 0 Å². The summed E-state index contributed by atoms with van der Waals surface area (Å²) in [4.78, 5) is 21.1. The Balaban J connectivity index is 1.62. The minimum Gasteiger partial charge on any atom is -0.344 e. The standard InChI is InChI=1S/C14H13N5OS2/c1-21-12-3-2-10(22-12)14(20)16-8-11-17-13(19-18-11)9-4-6-15-7-5-9/h2-7H,8H2,1H3,(H,16,20)(H,17,18,19). The Labute approximate surface area is 135 Å². The van der Waals surface area contributed by atoms with E-state index >= 15 is 0 Å². The summed E-state index contributed by atoms with van der Waals surface area (Å²) < 4.78 is 1.12. The predicted molar refractivity (Wildman–Crippen MR) is 86.9 cm³/mol. The third-order valence-corrected chi connectivity index (χ3v) is 5.06. The van der Waals surface area contributed by atoms with Crippen molar-refractivity contribution < 1.29 is 4.79 Å². The topological polar surface area (TPSA) is 83.6 Å². The molecule has 0 aliphatic carbocycles. The smallest absolute Gasteiger partial charge is 0.261 e. The fraction of sp³-hybridized carbons (Fsp3) is 0.143. The van der Waals surface area contributed by atoms with Crippen LogP contribution >= 0.6 is 23.1 Å². The molecule has 6 nitrogen and oxygen atoms in total. The van der Waals surface area contributed by atoms with E-state index in [1.54, 1.807) is 24.2 Å². The first-order chi connectivity index (χ1) is 10.8. The summed E-state index contributed by atoms with van der Waals surface area (Å²) in [6, 6.07) is 7.44. The van der Waals surface area contributed by atoms with Crippen LogP contribution in [0.25, 0.3) is 11.4 Å². The molecule has 0 aliphatic heterocycles. The second-order valence-corrected chi connectivity index (χ2v) is 6.54. The largest absolute Gasteiger partial charge is 0.344 e. The number of pyridine rings is 1. The van der Waals surface area contributed by atoms with Crippen molar-refractivity contribution >= 4 is 29.0 Å². The van der Waals surface area contributed by atoms with E-state index < -0.39 is 0 Å². The summed E-state index contributed by atoms with van der Waals surface area (Å²) in [6.07, 6.45) is 5.36. The van der Waals surface area contributed by atoms with Gasteiger partial charge in [0.15, 0.2) is 5.82 Å². The maximum absolute atomic E-state index is 12.0. The maximum atomic E-state index is 12.0. The molecule has 0 aromatic carbocycles. The SMILES string of the molecule is CSc1ccc(C(=O)NCc2nc(-c3ccncc3)n[nH]2)s1. The molecule has 22 heavy (non-hydrogen) atoms. The lowest BCUT2D eigenvalue weighted by Gasteiger charge is -1.99. The Morgan fingerprint density at radius 3 is 2.86 bits per heavy atom. The van der Waals surface area contributed by atoms with Crippen molar-refractivity contribution in [1.82, 2.24) is 25.5 Å². The molecule has 0 spiro atoms. The van der Waals surface area contributed by atoms with Gasteiger partial charge in [0.2, 0.25) is 0 Å². The normalized spacial score (nSPS) is 10.6. The minimum absolute atomic E-state index is 0.104. The predicted octanol–water partition coefficient (Wildman–Crippen LogP) is 2.58. The van der Waals surface area contributed by atoms with E-state index in [0.717, 1.165) is 9.77 Å². The molecule has 0 fully saturated rings. The number of amides is 1. The maximum Gasteiger partial charge on any atom is 0.261 e. The quantitative estimate of drug-likeness (QED) is 0.702. The van der Waals surface area contributed by atoms with Crippen molar-refractivity contribution in [2.75, 3.05) is 6.26 Å². The highest BCUT2D eigenvalue weighted by Crippen LogP contribution is 2.25. The van der Waals surface area contributed by atoms with E-state index in [1.165, 1.54) is 11.3 Å². The average molecular weight is 331 g/mol. The Morgan fingerprint density at radius 2 is 2.14 bits per heavy atom. The van der Waals surface area contributed by atoms with Crippen LogP contribution in [0.15, 0.2) is 40.9 Å². The molecule has 0 atom stereocenters. The van der Waals surface area contributed by atoms with Crippen molar-refractivity contribution in [2.45, 2.75) is 10.8 Å². The molecule has 112 valence electrons. The van der Waals surface area contributed by atoms with Crippen molar-refractivity contribution in [3.8, 4) is 11.4 Å². The number of H-pyrrole nitrogens is 1. The van der Waals surface area contributed by atoms with Crippen molar-refractivity contribution in [3.05, 3.63) is 47.4 Å². The van der Waals surface area contributed by atoms with Gasteiger partial charge >= 0.3 is 0 Å². The van der Waals surface area contributed by atoms with E-state index in [9.17, 15) is 4.79 Å². The van der Waals surface area contributed by atoms with Crippen molar-refractivity contribution in [3.63, 3.8) is 0 Å². The number of aromatic nitrogens is 4. The van der Waals surface area contributed by atoms with Gasteiger partial charge < -0.3 is 5.32 Å². The highest BCUT2D eigenvalue weighted by Gasteiger charge is 2.10. The van der Waals surface area contributed by atoms with E-state index in [2.05, 4.69) is 25.5 Å². The van der Waals surface area contributed by atoms with E-state index in [0.29, 0.717) is 23.1 Å². The van der Waals surface area contributed by atoms with Gasteiger partial charge in [-0.1, -0.05) is 0 Å². The van der Waals surface area contributed by atoms with Crippen LogP contribution in [0, 0.1) is 0 Å². The van der Waals surface area contributed by atoms with Crippen LogP contribution in [-0.2, 0) is 6.54 Å². The van der Waals surface area contributed by atoms with Gasteiger partial charge in [-0.2, -0.15) is 5.10 Å². The van der Waals surface area contributed by atoms with Gasteiger partial charge in [-0.25, -0.2) is 4.98 Å². The van der Waals surface area contributed by atoms with Crippen molar-refractivity contribution in [1.29, 1.82) is 0 Å². The summed E-state index contributed by atoms with van der Waals surface area (Å²) in [6.45, 7) is 0.309. The Morgan fingerprint density at radius 1 is 1.32 bits per heavy atom. The monoisotopic (exact) mass is 331 g/mol. The third-order valence-electron chi connectivity index (χ3n) is 2.89. The second kappa shape index (κ2) is 6.71. The molecular weight excluding hydrogens is 318 g/mol. The third kappa shape index (κ3) is 3.34. The number of carbonyl (C=O) groups excluding carboxylic acids is 1. The lowest BCUT2D eigenvalue weighted by Crippen LogP contribution is -2.22. The van der Waals surface area contributed by atoms with Crippen molar-refractivity contribution in [2.24, 2.45) is 0 Å². The van der Waals surface area contributed by atoms with Gasteiger partial charge in [0.05, 0.1) is 15.6 Å². The lowest BCUT2D eigenvalue weighted by atomic mass is 10.2. The number of carbonyl (C=O) groups is 1. The minimum atomic E-state index is -0.104. The zero-order valence-electron chi connectivity index (χ0n) is 11.7. The Kier molecular flexibility index (Phi) is 4.50. The molecule has 8 heteroatoms. The van der Waals surface area contributed by atoms with E-state index in [1.807, 2.05) is 30.5 Å². The van der Waals surface area contributed by atoms with Gasteiger partial charge in [0, 0.05) is 18.0 Å². The molecule has 0 bridgehead atoms. The van der Waals surface area contributed by atoms with Gasteiger partial charge in [0.1, 0.15) is 5.82 Å². The van der Waals surface area contributed by atoms with Crippen LogP contribution in [0.2, 0.25) is 0 Å². The van der Waals surface area contributed by atoms with Crippen LogP contribution in [-0.4, -0.2) is 32.3 Å². The molecule has 3 rings (SSSR count). The first kappa shape index (κ1) is 14.7. The van der Waals surface area contributed by atoms with Gasteiger partial charge in [-0.3, -0.25) is 14.9 Å². The first-order valence-electron chi connectivity index (χ1n) is 6.50. The van der Waals surface area contributed by atoms with E-state index in [-0.39, 0.29) is 5.91 Å².